The van der Waals surface area contributed by atoms with E-state index < -0.39 is 0 Å². The molecule has 2 aromatic heterocycles. The molecule has 5 nitrogen and oxygen atoms in total. The Balaban J connectivity index is 1.84. The fourth-order valence-corrected chi connectivity index (χ4v) is 1.56. The van der Waals surface area contributed by atoms with Gasteiger partial charge in [0.15, 0.2) is 5.22 Å². The average molecular weight is 256 g/mol. The first-order valence-electron chi connectivity index (χ1n) is 5.27. The van der Waals surface area contributed by atoms with Crippen molar-refractivity contribution in [3.05, 3.63) is 35.5 Å². The number of furan rings is 1. The van der Waals surface area contributed by atoms with Crippen molar-refractivity contribution >= 4 is 17.3 Å². The fraction of sp³-hybridized carbons (Fsp3) is 0.364. The van der Waals surface area contributed by atoms with Crippen molar-refractivity contribution in [1.29, 1.82) is 0 Å². The lowest BCUT2D eigenvalue weighted by molar-refractivity contribution is 0.183. The maximum absolute atomic E-state index is 5.68. The molecule has 6 heteroatoms. The SMILES string of the molecule is COCCn1cc(NCc2ccc(Cl)o2)cn1. The van der Waals surface area contributed by atoms with Gasteiger partial charge in [0.2, 0.25) is 0 Å². The minimum Gasteiger partial charge on any atom is -0.448 e. The summed E-state index contributed by atoms with van der Waals surface area (Å²) in [6.45, 7) is 1.97. The average Bonchev–Trinajstić information content (AvgIpc) is 2.93. The van der Waals surface area contributed by atoms with Gasteiger partial charge in [-0.1, -0.05) is 0 Å². The highest BCUT2D eigenvalue weighted by Gasteiger charge is 2.01. The summed E-state index contributed by atoms with van der Waals surface area (Å²) in [5, 5.41) is 7.78. The van der Waals surface area contributed by atoms with Crippen LogP contribution in [0.5, 0.6) is 0 Å². The van der Waals surface area contributed by atoms with Crippen LogP contribution in [0.3, 0.4) is 0 Å². The van der Waals surface area contributed by atoms with Crippen molar-refractivity contribution in [2.24, 2.45) is 0 Å². The van der Waals surface area contributed by atoms with Gasteiger partial charge >= 0.3 is 0 Å². The molecular formula is C11H14ClN3O2. The smallest absolute Gasteiger partial charge is 0.193 e. The van der Waals surface area contributed by atoms with Gasteiger partial charge in [-0.2, -0.15) is 5.10 Å². The van der Waals surface area contributed by atoms with E-state index in [0.29, 0.717) is 18.4 Å². The van der Waals surface area contributed by atoms with Crippen molar-refractivity contribution in [1.82, 2.24) is 9.78 Å². The van der Waals surface area contributed by atoms with Crippen LogP contribution in [0.4, 0.5) is 5.69 Å². The molecule has 2 heterocycles. The first kappa shape index (κ1) is 12.0. The highest BCUT2D eigenvalue weighted by Crippen LogP contribution is 2.14. The van der Waals surface area contributed by atoms with Gasteiger partial charge in [-0.3, -0.25) is 4.68 Å². The van der Waals surface area contributed by atoms with E-state index in [2.05, 4.69) is 10.4 Å². The van der Waals surface area contributed by atoms with Crippen LogP contribution < -0.4 is 5.32 Å². The molecule has 0 amide bonds. The van der Waals surface area contributed by atoms with Crippen LogP contribution in [0, 0.1) is 0 Å². The Morgan fingerprint density at radius 3 is 3.12 bits per heavy atom. The molecular weight excluding hydrogens is 242 g/mol. The fourth-order valence-electron chi connectivity index (χ4n) is 1.40. The second-order valence-corrected chi connectivity index (χ2v) is 3.92. The summed E-state index contributed by atoms with van der Waals surface area (Å²) < 4.78 is 12.0. The summed E-state index contributed by atoms with van der Waals surface area (Å²) in [5.41, 5.74) is 0.939. The molecule has 0 bridgehead atoms. The largest absolute Gasteiger partial charge is 0.448 e. The third kappa shape index (κ3) is 3.51. The molecule has 0 saturated carbocycles. The zero-order valence-corrected chi connectivity index (χ0v) is 10.3. The van der Waals surface area contributed by atoms with Crippen LogP contribution >= 0.6 is 11.6 Å². The number of aromatic nitrogens is 2. The molecule has 0 aliphatic rings. The highest BCUT2D eigenvalue weighted by molar-refractivity contribution is 6.28. The van der Waals surface area contributed by atoms with E-state index in [1.54, 1.807) is 19.4 Å². The first-order chi connectivity index (χ1) is 8.28. The summed E-state index contributed by atoms with van der Waals surface area (Å²) in [6, 6.07) is 3.56. The van der Waals surface area contributed by atoms with Crippen molar-refractivity contribution < 1.29 is 9.15 Å². The summed E-state index contributed by atoms with van der Waals surface area (Å²) >= 11 is 5.68. The maximum Gasteiger partial charge on any atom is 0.193 e. The predicted octanol–water partition coefficient (Wildman–Crippen LogP) is 2.39. The summed E-state index contributed by atoms with van der Waals surface area (Å²) in [4.78, 5) is 0. The molecule has 0 atom stereocenters. The monoisotopic (exact) mass is 255 g/mol. The van der Waals surface area contributed by atoms with Gasteiger partial charge in [0.05, 0.1) is 31.6 Å². The van der Waals surface area contributed by atoms with Crippen LogP contribution in [-0.2, 0) is 17.8 Å². The Hall–Kier alpha value is -1.46. The van der Waals surface area contributed by atoms with Crippen LogP contribution in [0.25, 0.3) is 0 Å². The quantitative estimate of drug-likeness (QED) is 0.861. The number of hydrogen-bond acceptors (Lipinski definition) is 4. The summed E-state index contributed by atoms with van der Waals surface area (Å²) in [7, 11) is 1.67. The number of rotatable bonds is 6. The zero-order valence-electron chi connectivity index (χ0n) is 9.52. The van der Waals surface area contributed by atoms with Gasteiger partial charge in [-0.15, -0.1) is 0 Å². The topological polar surface area (TPSA) is 52.2 Å². The molecule has 2 aromatic rings. The Morgan fingerprint density at radius 1 is 1.53 bits per heavy atom. The van der Waals surface area contributed by atoms with Gasteiger partial charge in [0.1, 0.15) is 5.76 Å². The number of ether oxygens (including phenoxy) is 1. The Morgan fingerprint density at radius 2 is 2.41 bits per heavy atom. The van der Waals surface area contributed by atoms with Gasteiger partial charge < -0.3 is 14.5 Å². The second-order valence-electron chi connectivity index (χ2n) is 3.54. The van der Waals surface area contributed by atoms with E-state index in [9.17, 15) is 0 Å². The van der Waals surface area contributed by atoms with E-state index in [4.69, 9.17) is 20.8 Å². The maximum atomic E-state index is 5.68. The standard InChI is InChI=1S/C11H14ClN3O2/c1-16-5-4-15-8-9(6-14-15)13-7-10-2-3-11(12)17-10/h2-3,6,8,13H,4-5,7H2,1H3. The Bertz CT molecular complexity index is 467. The molecule has 2 rings (SSSR count). The number of hydrogen-bond donors (Lipinski definition) is 1. The normalized spacial score (nSPS) is 10.7. The first-order valence-corrected chi connectivity index (χ1v) is 5.65. The van der Waals surface area contributed by atoms with Crippen LogP contribution in [0.1, 0.15) is 5.76 Å². The molecule has 0 saturated heterocycles. The Kier molecular flexibility index (Phi) is 4.06. The third-order valence-corrected chi connectivity index (χ3v) is 2.46. The predicted molar refractivity (Wildman–Crippen MR) is 65.1 cm³/mol. The minimum absolute atomic E-state index is 0.401. The second kappa shape index (κ2) is 5.75. The minimum atomic E-state index is 0.401. The molecule has 0 fully saturated rings. The lowest BCUT2D eigenvalue weighted by Gasteiger charge is -2.00. The molecule has 1 N–H and O–H groups in total. The lowest BCUT2D eigenvalue weighted by Crippen LogP contribution is -2.04. The van der Waals surface area contributed by atoms with Gasteiger partial charge in [-0.05, 0) is 23.7 Å². The molecule has 0 spiro atoms. The molecule has 92 valence electrons. The van der Waals surface area contributed by atoms with Crippen molar-refractivity contribution in [3.63, 3.8) is 0 Å². The van der Waals surface area contributed by atoms with E-state index in [1.165, 1.54) is 0 Å². The molecule has 17 heavy (non-hydrogen) atoms. The molecule has 0 radical (unpaired) electrons. The van der Waals surface area contributed by atoms with Gasteiger partial charge in [0.25, 0.3) is 0 Å². The number of anilines is 1. The van der Waals surface area contributed by atoms with E-state index in [1.807, 2.05) is 16.9 Å². The van der Waals surface area contributed by atoms with Crippen molar-refractivity contribution in [2.45, 2.75) is 13.1 Å². The summed E-state index contributed by atoms with van der Waals surface area (Å²) in [6.07, 6.45) is 3.68. The Labute approximate surface area is 104 Å². The van der Waals surface area contributed by atoms with Gasteiger partial charge in [0, 0.05) is 13.3 Å². The van der Waals surface area contributed by atoms with Crippen molar-refractivity contribution in [3.8, 4) is 0 Å². The molecule has 0 aliphatic heterocycles. The molecule has 0 aliphatic carbocycles. The number of nitrogens with zero attached hydrogens (tertiary/aromatic N) is 2. The van der Waals surface area contributed by atoms with Crippen LogP contribution in [0.2, 0.25) is 5.22 Å². The number of methoxy groups -OCH3 is 1. The third-order valence-electron chi connectivity index (χ3n) is 2.25. The number of nitrogens with one attached hydrogen (secondary N) is 1. The highest BCUT2D eigenvalue weighted by atomic mass is 35.5. The van der Waals surface area contributed by atoms with E-state index >= 15 is 0 Å². The van der Waals surface area contributed by atoms with Crippen LogP contribution in [0.15, 0.2) is 28.9 Å². The zero-order chi connectivity index (χ0) is 12.1. The van der Waals surface area contributed by atoms with Crippen LogP contribution in [-0.4, -0.2) is 23.5 Å². The number of halogens is 1. The van der Waals surface area contributed by atoms with Gasteiger partial charge in [-0.25, -0.2) is 0 Å². The molecule has 0 unspecified atom stereocenters. The summed E-state index contributed by atoms with van der Waals surface area (Å²) in [5.74, 6) is 0.791. The molecule has 0 aromatic carbocycles. The van der Waals surface area contributed by atoms with E-state index in [0.717, 1.165) is 18.0 Å². The van der Waals surface area contributed by atoms with Crippen molar-refractivity contribution in [2.75, 3.05) is 19.0 Å². The van der Waals surface area contributed by atoms with E-state index in [-0.39, 0.29) is 0 Å². The lowest BCUT2D eigenvalue weighted by atomic mass is 10.4.